The minimum atomic E-state index is -0.982. The molecule has 0 aromatic heterocycles. The first-order valence-electron chi connectivity index (χ1n) is 6.59. The van der Waals surface area contributed by atoms with Gasteiger partial charge in [0.2, 0.25) is 5.91 Å². The van der Waals surface area contributed by atoms with Crippen LogP contribution >= 0.6 is 15.9 Å². The number of anilines is 1. The fourth-order valence-corrected chi connectivity index (χ4v) is 2.94. The number of aliphatic carboxylic acids is 1. The van der Waals surface area contributed by atoms with Crippen LogP contribution < -0.4 is 10.2 Å². The van der Waals surface area contributed by atoms with E-state index in [0.717, 1.165) is 28.3 Å². The van der Waals surface area contributed by atoms with Crippen molar-refractivity contribution in [3.8, 4) is 0 Å². The highest BCUT2D eigenvalue weighted by Crippen LogP contribution is 2.33. The second-order valence-electron chi connectivity index (χ2n) is 5.35. The molecule has 1 heterocycles. The molecule has 1 aliphatic heterocycles. The van der Waals surface area contributed by atoms with Gasteiger partial charge in [0.1, 0.15) is 5.54 Å². The van der Waals surface area contributed by atoms with Crippen molar-refractivity contribution in [3.63, 3.8) is 0 Å². The van der Waals surface area contributed by atoms with Gasteiger partial charge in [-0.25, -0.2) is 4.79 Å². The van der Waals surface area contributed by atoms with Crippen LogP contribution in [-0.4, -0.2) is 35.6 Å². The number of rotatable bonds is 3. The molecule has 1 aromatic rings. The molecule has 0 aliphatic carbocycles. The van der Waals surface area contributed by atoms with Crippen LogP contribution in [0.1, 0.15) is 19.4 Å². The Labute approximate surface area is 131 Å². The second-order valence-corrected chi connectivity index (χ2v) is 6.20. The highest BCUT2D eigenvalue weighted by atomic mass is 79.9. The molecule has 0 spiro atoms. The Morgan fingerprint density at radius 2 is 2.19 bits per heavy atom. The molecule has 1 aliphatic rings. The molecule has 2 N–H and O–H groups in total. The van der Waals surface area contributed by atoms with E-state index in [4.69, 9.17) is 5.11 Å². The first-order valence-corrected chi connectivity index (χ1v) is 7.38. The van der Waals surface area contributed by atoms with Crippen LogP contribution in [0, 0.1) is 0 Å². The first kappa shape index (κ1) is 15.6. The molecule has 0 atom stereocenters. The van der Waals surface area contributed by atoms with Gasteiger partial charge >= 0.3 is 5.97 Å². The molecule has 5 nitrogen and oxygen atoms in total. The molecule has 21 heavy (non-hydrogen) atoms. The Kier molecular flexibility index (Phi) is 4.37. The number of nitrogens with zero attached hydrogens (tertiary/aromatic N) is 1. The maximum Gasteiger partial charge on any atom is 0.328 e. The van der Waals surface area contributed by atoms with E-state index in [0.29, 0.717) is 6.54 Å². The highest BCUT2D eigenvalue weighted by molar-refractivity contribution is 9.10. The molecule has 0 saturated carbocycles. The zero-order valence-corrected chi connectivity index (χ0v) is 13.5. The van der Waals surface area contributed by atoms with Crippen molar-refractivity contribution in [1.29, 1.82) is 0 Å². The molecule has 6 heteroatoms. The molecule has 0 unspecified atom stereocenters. The summed E-state index contributed by atoms with van der Waals surface area (Å²) in [5.74, 6) is -0.987. The number of carboxylic acid groups (broad SMARTS) is 1. The minimum Gasteiger partial charge on any atom is -0.478 e. The Hall–Kier alpha value is -1.82. The Morgan fingerprint density at radius 1 is 1.48 bits per heavy atom. The highest BCUT2D eigenvalue weighted by Gasteiger charge is 2.38. The van der Waals surface area contributed by atoms with Crippen molar-refractivity contribution in [2.45, 2.75) is 19.4 Å². The molecule has 1 amide bonds. The first-order chi connectivity index (χ1) is 9.82. The topological polar surface area (TPSA) is 69.6 Å². The van der Waals surface area contributed by atoms with E-state index < -0.39 is 11.5 Å². The summed E-state index contributed by atoms with van der Waals surface area (Å²) in [6, 6.07) is 5.57. The number of hydrogen-bond acceptors (Lipinski definition) is 3. The van der Waals surface area contributed by atoms with Gasteiger partial charge in [0.15, 0.2) is 0 Å². The molecular formula is C15H17BrN2O3. The number of halogens is 1. The SMILES string of the molecule is CC1(C)C(=O)NCCN1c1ccc(/C=C/C(=O)O)cc1Br. The molecule has 2 rings (SSSR count). The van der Waals surface area contributed by atoms with E-state index >= 15 is 0 Å². The third-order valence-corrected chi connectivity index (χ3v) is 4.17. The standard InChI is InChI=1S/C15H17BrN2O3/c1-15(2)14(21)17-7-8-18(15)12-5-3-10(9-11(12)16)4-6-13(19)20/h3-6,9H,7-8H2,1-2H3,(H,17,21)(H,19,20)/b6-4+. The predicted molar refractivity (Wildman–Crippen MR) is 85.2 cm³/mol. The van der Waals surface area contributed by atoms with Gasteiger partial charge in [0.25, 0.3) is 0 Å². The largest absolute Gasteiger partial charge is 0.478 e. The average molecular weight is 353 g/mol. The van der Waals surface area contributed by atoms with Crippen molar-refractivity contribution >= 4 is 39.6 Å². The smallest absolute Gasteiger partial charge is 0.328 e. The van der Waals surface area contributed by atoms with Crippen LogP contribution in [-0.2, 0) is 9.59 Å². The monoisotopic (exact) mass is 352 g/mol. The van der Waals surface area contributed by atoms with Crippen molar-refractivity contribution in [2.75, 3.05) is 18.0 Å². The number of carboxylic acids is 1. The van der Waals surface area contributed by atoms with Crippen molar-refractivity contribution in [3.05, 3.63) is 34.3 Å². The minimum absolute atomic E-state index is 0.00417. The van der Waals surface area contributed by atoms with Gasteiger partial charge in [-0.1, -0.05) is 6.07 Å². The molecule has 0 radical (unpaired) electrons. The van der Waals surface area contributed by atoms with E-state index in [1.54, 1.807) is 0 Å². The Bertz CT molecular complexity index is 611. The summed E-state index contributed by atoms with van der Waals surface area (Å²) in [5, 5.41) is 11.5. The third-order valence-electron chi connectivity index (χ3n) is 3.53. The lowest BCUT2D eigenvalue weighted by molar-refractivity contribution is -0.131. The number of carbonyl (C=O) groups excluding carboxylic acids is 1. The van der Waals surface area contributed by atoms with Crippen molar-refractivity contribution in [1.82, 2.24) is 5.32 Å². The summed E-state index contributed by atoms with van der Waals surface area (Å²) in [6.07, 6.45) is 2.63. The van der Waals surface area contributed by atoms with Gasteiger partial charge in [-0.3, -0.25) is 4.79 Å². The van der Waals surface area contributed by atoms with Gasteiger partial charge in [-0.15, -0.1) is 0 Å². The number of carbonyl (C=O) groups is 2. The maximum atomic E-state index is 12.0. The molecule has 112 valence electrons. The summed E-state index contributed by atoms with van der Waals surface area (Å²) >= 11 is 3.51. The molecule has 1 fully saturated rings. The summed E-state index contributed by atoms with van der Waals surface area (Å²) in [6.45, 7) is 5.09. The summed E-state index contributed by atoms with van der Waals surface area (Å²) in [4.78, 5) is 24.6. The Balaban J connectivity index is 2.32. The van der Waals surface area contributed by atoms with Crippen LogP contribution in [0.3, 0.4) is 0 Å². The van der Waals surface area contributed by atoms with Gasteiger partial charge < -0.3 is 15.3 Å². The van der Waals surface area contributed by atoms with Crippen LogP contribution in [0.2, 0.25) is 0 Å². The number of amides is 1. The molecule has 1 aromatic carbocycles. The van der Waals surface area contributed by atoms with E-state index in [2.05, 4.69) is 21.2 Å². The maximum absolute atomic E-state index is 12.0. The lowest BCUT2D eigenvalue weighted by Gasteiger charge is -2.43. The van der Waals surface area contributed by atoms with E-state index in [1.807, 2.05) is 36.9 Å². The molecule has 0 bridgehead atoms. The van der Waals surface area contributed by atoms with Gasteiger partial charge in [0.05, 0.1) is 5.69 Å². The van der Waals surface area contributed by atoms with E-state index in [-0.39, 0.29) is 5.91 Å². The van der Waals surface area contributed by atoms with Crippen LogP contribution in [0.5, 0.6) is 0 Å². The fraction of sp³-hybridized carbons (Fsp3) is 0.333. The van der Waals surface area contributed by atoms with Crippen LogP contribution in [0.4, 0.5) is 5.69 Å². The van der Waals surface area contributed by atoms with Gasteiger partial charge in [0, 0.05) is 23.6 Å². The van der Waals surface area contributed by atoms with Crippen molar-refractivity contribution < 1.29 is 14.7 Å². The Morgan fingerprint density at radius 3 is 2.81 bits per heavy atom. The average Bonchev–Trinajstić information content (AvgIpc) is 2.40. The molecular weight excluding hydrogens is 336 g/mol. The number of piperazine rings is 1. The lowest BCUT2D eigenvalue weighted by atomic mass is 9.97. The van der Waals surface area contributed by atoms with Gasteiger partial charge in [-0.2, -0.15) is 0 Å². The number of benzene rings is 1. The summed E-state index contributed by atoms with van der Waals surface area (Å²) < 4.78 is 0.831. The predicted octanol–water partition coefficient (Wildman–Crippen LogP) is 2.26. The summed E-state index contributed by atoms with van der Waals surface area (Å²) in [5.41, 5.74) is 1.08. The van der Waals surface area contributed by atoms with Gasteiger partial charge in [-0.05, 0) is 53.5 Å². The number of nitrogens with one attached hydrogen (secondary N) is 1. The lowest BCUT2D eigenvalue weighted by Crippen LogP contribution is -2.62. The quantitative estimate of drug-likeness (QED) is 0.818. The zero-order valence-electron chi connectivity index (χ0n) is 11.9. The summed E-state index contributed by atoms with van der Waals surface area (Å²) in [7, 11) is 0. The molecule has 1 saturated heterocycles. The van der Waals surface area contributed by atoms with Crippen LogP contribution in [0.15, 0.2) is 28.7 Å². The third kappa shape index (κ3) is 3.26. The van der Waals surface area contributed by atoms with Crippen molar-refractivity contribution in [2.24, 2.45) is 0 Å². The number of hydrogen-bond donors (Lipinski definition) is 2. The fourth-order valence-electron chi connectivity index (χ4n) is 2.33. The van der Waals surface area contributed by atoms with E-state index in [1.165, 1.54) is 6.08 Å². The second kappa shape index (κ2) is 5.89. The zero-order chi connectivity index (χ0) is 15.6. The van der Waals surface area contributed by atoms with E-state index in [9.17, 15) is 9.59 Å². The van der Waals surface area contributed by atoms with Crippen LogP contribution in [0.25, 0.3) is 6.08 Å². The normalized spacial score (nSPS) is 17.9.